The van der Waals surface area contributed by atoms with Gasteiger partial charge in [-0.25, -0.2) is 0 Å². The lowest BCUT2D eigenvalue weighted by Gasteiger charge is -2.32. The van der Waals surface area contributed by atoms with Gasteiger partial charge in [0.25, 0.3) is 5.91 Å². The molecule has 1 N–H and O–H groups in total. The van der Waals surface area contributed by atoms with Gasteiger partial charge in [-0.05, 0) is 61.8 Å². The summed E-state index contributed by atoms with van der Waals surface area (Å²) in [5.74, 6) is 0.936. The number of amides is 2. The van der Waals surface area contributed by atoms with E-state index in [1.54, 1.807) is 6.07 Å². The van der Waals surface area contributed by atoms with Crippen LogP contribution < -0.4 is 5.32 Å². The van der Waals surface area contributed by atoms with Crippen LogP contribution >= 0.6 is 0 Å². The monoisotopic (exact) mass is 362 g/mol. The average molecular weight is 362 g/mol. The number of rotatable bonds is 5. The summed E-state index contributed by atoms with van der Waals surface area (Å²) in [5, 5.41) is 2.93. The predicted molar refractivity (Wildman–Crippen MR) is 107 cm³/mol. The first kappa shape index (κ1) is 17.8. The molecule has 0 unspecified atom stereocenters. The molecule has 2 fully saturated rings. The van der Waals surface area contributed by atoms with E-state index >= 15 is 0 Å². The first-order chi connectivity index (χ1) is 13.2. The minimum Gasteiger partial charge on any atom is -0.339 e. The fourth-order valence-electron chi connectivity index (χ4n) is 3.79. The van der Waals surface area contributed by atoms with Crippen molar-refractivity contribution in [3.05, 3.63) is 65.7 Å². The number of likely N-dealkylation sites (tertiary alicyclic amines) is 1. The maximum absolute atomic E-state index is 12.9. The van der Waals surface area contributed by atoms with Gasteiger partial charge in [-0.15, -0.1) is 0 Å². The number of carbonyl (C=O) groups is 2. The second-order valence-corrected chi connectivity index (χ2v) is 7.77. The second kappa shape index (κ2) is 7.95. The van der Waals surface area contributed by atoms with E-state index in [2.05, 4.69) is 29.6 Å². The first-order valence-electron chi connectivity index (χ1n) is 9.93. The number of nitrogens with zero attached hydrogens (tertiary/aromatic N) is 1. The molecular formula is C23H26N2O2. The number of anilines is 1. The lowest BCUT2D eigenvalue weighted by atomic mass is 9.90. The SMILES string of the molecule is O=C(Nc1cccc(C(=O)N2CCC(Cc3ccccc3)CC2)c1)C1CC1. The van der Waals surface area contributed by atoms with Crippen LogP contribution in [0, 0.1) is 11.8 Å². The third-order valence-corrected chi connectivity index (χ3v) is 5.59. The molecule has 4 nitrogen and oxygen atoms in total. The molecule has 1 heterocycles. The van der Waals surface area contributed by atoms with E-state index in [9.17, 15) is 9.59 Å². The normalized spacial score (nSPS) is 17.6. The summed E-state index contributed by atoms with van der Waals surface area (Å²) in [6.07, 6.45) is 5.12. The van der Waals surface area contributed by atoms with Gasteiger partial charge in [0.2, 0.25) is 5.91 Å². The number of nitrogens with one attached hydrogen (secondary N) is 1. The molecule has 140 valence electrons. The van der Waals surface area contributed by atoms with Crippen molar-refractivity contribution in [2.75, 3.05) is 18.4 Å². The van der Waals surface area contributed by atoms with Crippen molar-refractivity contribution in [3.63, 3.8) is 0 Å². The third-order valence-electron chi connectivity index (χ3n) is 5.59. The third kappa shape index (κ3) is 4.57. The lowest BCUT2D eigenvalue weighted by molar-refractivity contribution is -0.117. The molecule has 0 atom stereocenters. The van der Waals surface area contributed by atoms with Gasteiger partial charge < -0.3 is 10.2 Å². The van der Waals surface area contributed by atoms with E-state index in [0.29, 0.717) is 11.5 Å². The second-order valence-electron chi connectivity index (χ2n) is 7.77. The summed E-state index contributed by atoms with van der Waals surface area (Å²) < 4.78 is 0. The summed E-state index contributed by atoms with van der Waals surface area (Å²) in [6, 6.07) is 17.9. The molecule has 4 heteroatoms. The maximum Gasteiger partial charge on any atom is 0.253 e. The molecule has 1 aliphatic carbocycles. The van der Waals surface area contributed by atoms with Crippen LogP contribution in [0.1, 0.15) is 41.6 Å². The summed E-state index contributed by atoms with van der Waals surface area (Å²) in [6.45, 7) is 1.60. The summed E-state index contributed by atoms with van der Waals surface area (Å²) >= 11 is 0. The molecular weight excluding hydrogens is 336 g/mol. The zero-order chi connectivity index (χ0) is 18.6. The Balaban J connectivity index is 1.33. The highest BCUT2D eigenvalue weighted by Gasteiger charge is 2.30. The molecule has 2 aromatic rings. The van der Waals surface area contributed by atoms with Crippen LogP contribution in [0.15, 0.2) is 54.6 Å². The zero-order valence-corrected chi connectivity index (χ0v) is 15.6. The lowest BCUT2D eigenvalue weighted by Crippen LogP contribution is -2.38. The fraction of sp³-hybridized carbons (Fsp3) is 0.391. The summed E-state index contributed by atoms with van der Waals surface area (Å²) in [7, 11) is 0. The molecule has 4 rings (SSSR count). The number of carbonyl (C=O) groups excluding carboxylic acids is 2. The topological polar surface area (TPSA) is 49.4 Å². The van der Waals surface area contributed by atoms with E-state index in [-0.39, 0.29) is 17.7 Å². The van der Waals surface area contributed by atoms with Gasteiger partial charge in [-0.2, -0.15) is 0 Å². The van der Waals surface area contributed by atoms with E-state index in [1.807, 2.05) is 29.2 Å². The Morgan fingerprint density at radius 3 is 2.37 bits per heavy atom. The van der Waals surface area contributed by atoms with Gasteiger partial charge in [0, 0.05) is 30.3 Å². The Bertz CT molecular complexity index is 806. The summed E-state index contributed by atoms with van der Waals surface area (Å²) in [4.78, 5) is 26.7. The van der Waals surface area contributed by atoms with Gasteiger partial charge in [0.1, 0.15) is 0 Å². The standard InChI is InChI=1S/C23H26N2O2/c26-22(19-9-10-19)24-21-8-4-7-20(16-21)23(27)25-13-11-18(12-14-25)15-17-5-2-1-3-6-17/h1-8,16,18-19H,9-15H2,(H,24,26). The van der Waals surface area contributed by atoms with Crippen molar-refractivity contribution in [1.82, 2.24) is 4.90 Å². The Morgan fingerprint density at radius 2 is 1.67 bits per heavy atom. The van der Waals surface area contributed by atoms with Crippen LogP contribution in [-0.4, -0.2) is 29.8 Å². The smallest absolute Gasteiger partial charge is 0.253 e. The number of benzene rings is 2. The number of hydrogen-bond acceptors (Lipinski definition) is 2. The minimum absolute atomic E-state index is 0.0654. The van der Waals surface area contributed by atoms with Gasteiger partial charge in [0.15, 0.2) is 0 Å². The van der Waals surface area contributed by atoms with Crippen molar-refractivity contribution in [2.45, 2.75) is 32.1 Å². The van der Waals surface area contributed by atoms with Gasteiger partial charge in [-0.1, -0.05) is 36.4 Å². The van der Waals surface area contributed by atoms with E-state index in [1.165, 1.54) is 5.56 Å². The van der Waals surface area contributed by atoms with Crippen LogP contribution in [0.4, 0.5) is 5.69 Å². The minimum atomic E-state index is 0.0654. The van der Waals surface area contributed by atoms with Crippen molar-refractivity contribution in [1.29, 1.82) is 0 Å². The molecule has 2 amide bonds. The number of hydrogen-bond donors (Lipinski definition) is 1. The Kier molecular flexibility index (Phi) is 5.23. The molecule has 0 aromatic heterocycles. The van der Waals surface area contributed by atoms with Crippen molar-refractivity contribution in [3.8, 4) is 0 Å². The molecule has 1 aliphatic heterocycles. The Labute approximate surface area is 160 Å². The van der Waals surface area contributed by atoms with Crippen LogP contribution in [0.5, 0.6) is 0 Å². The molecule has 0 bridgehead atoms. The highest BCUT2D eigenvalue weighted by Crippen LogP contribution is 2.30. The fourth-order valence-corrected chi connectivity index (χ4v) is 3.79. The average Bonchev–Trinajstić information content (AvgIpc) is 3.54. The Morgan fingerprint density at radius 1 is 0.926 bits per heavy atom. The predicted octanol–water partition coefficient (Wildman–Crippen LogP) is 4.13. The Hall–Kier alpha value is -2.62. The zero-order valence-electron chi connectivity index (χ0n) is 15.6. The molecule has 0 spiro atoms. The molecule has 2 aromatic carbocycles. The van der Waals surface area contributed by atoms with Crippen LogP contribution in [-0.2, 0) is 11.2 Å². The van der Waals surface area contributed by atoms with Gasteiger partial charge >= 0.3 is 0 Å². The van der Waals surface area contributed by atoms with E-state index in [0.717, 1.165) is 50.9 Å². The van der Waals surface area contributed by atoms with Crippen LogP contribution in [0.3, 0.4) is 0 Å². The van der Waals surface area contributed by atoms with E-state index in [4.69, 9.17) is 0 Å². The molecule has 1 saturated heterocycles. The number of piperidine rings is 1. The van der Waals surface area contributed by atoms with Crippen molar-refractivity contribution in [2.24, 2.45) is 11.8 Å². The van der Waals surface area contributed by atoms with Crippen LogP contribution in [0.2, 0.25) is 0 Å². The van der Waals surface area contributed by atoms with Crippen molar-refractivity contribution < 1.29 is 9.59 Å². The summed E-state index contributed by atoms with van der Waals surface area (Å²) in [5.41, 5.74) is 2.75. The quantitative estimate of drug-likeness (QED) is 0.869. The van der Waals surface area contributed by atoms with Gasteiger partial charge in [-0.3, -0.25) is 9.59 Å². The first-order valence-corrected chi connectivity index (χ1v) is 9.93. The molecule has 2 aliphatic rings. The largest absolute Gasteiger partial charge is 0.339 e. The highest BCUT2D eigenvalue weighted by atomic mass is 16.2. The molecule has 1 saturated carbocycles. The molecule has 0 radical (unpaired) electrons. The van der Waals surface area contributed by atoms with Crippen molar-refractivity contribution >= 4 is 17.5 Å². The van der Waals surface area contributed by atoms with Gasteiger partial charge in [0.05, 0.1) is 0 Å². The maximum atomic E-state index is 12.9. The molecule has 27 heavy (non-hydrogen) atoms. The highest BCUT2D eigenvalue weighted by molar-refractivity contribution is 5.98. The van der Waals surface area contributed by atoms with E-state index < -0.39 is 0 Å². The van der Waals surface area contributed by atoms with Crippen LogP contribution in [0.25, 0.3) is 0 Å².